The number of hydrogen-bond donors (Lipinski definition) is 3. The van der Waals surface area contributed by atoms with Gasteiger partial charge in [-0.15, -0.1) is 12.4 Å². The van der Waals surface area contributed by atoms with E-state index >= 15 is 0 Å². The quantitative estimate of drug-likeness (QED) is 0.753. The van der Waals surface area contributed by atoms with E-state index in [1.165, 1.54) is 12.1 Å². The molecule has 0 radical (unpaired) electrons. The van der Waals surface area contributed by atoms with Gasteiger partial charge in [-0.1, -0.05) is 12.1 Å². The molecule has 4 N–H and O–H groups in total. The molecule has 1 aliphatic carbocycles. The molecule has 1 aromatic carbocycles. The van der Waals surface area contributed by atoms with Gasteiger partial charge in [-0.3, -0.25) is 9.59 Å². The fraction of sp³-hybridized carbons (Fsp3) is 0.500. The second kappa shape index (κ2) is 9.47. The second-order valence-electron chi connectivity index (χ2n) is 5.76. The highest BCUT2D eigenvalue weighted by Crippen LogP contribution is 2.16. The normalized spacial score (nSPS) is 20.3. The standard InChI is InChI=1S/C16H22FN3O2.ClH/c17-12-3-1-2-11(8-12)9-15(21)19-10-16(22)20-14-6-4-13(18)5-7-14;/h1-3,8,13-14H,4-7,9-10,18H2,(H,19,21)(H,20,22);1H. The summed E-state index contributed by atoms with van der Waals surface area (Å²) in [7, 11) is 0. The van der Waals surface area contributed by atoms with E-state index in [-0.39, 0.29) is 55.1 Å². The molecule has 1 fully saturated rings. The first-order chi connectivity index (χ1) is 10.5. The average Bonchev–Trinajstić information content (AvgIpc) is 2.48. The third-order valence-corrected chi connectivity index (χ3v) is 3.84. The Balaban J connectivity index is 0.00000264. The largest absolute Gasteiger partial charge is 0.352 e. The van der Waals surface area contributed by atoms with Gasteiger partial charge < -0.3 is 16.4 Å². The van der Waals surface area contributed by atoms with E-state index in [1.54, 1.807) is 12.1 Å². The highest BCUT2D eigenvalue weighted by Gasteiger charge is 2.20. The lowest BCUT2D eigenvalue weighted by Gasteiger charge is -2.26. The molecule has 0 bridgehead atoms. The zero-order valence-electron chi connectivity index (χ0n) is 12.9. The van der Waals surface area contributed by atoms with Gasteiger partial charge >= 0.3 is 0 Å². The molecule has 0 heterocycles. The van der Waals surface area contributed by atoms with Gasteiger partial charge in [0.05, 0.1) is 13.0 Å². The van der Waals surface area contributed by atoms with Crippen LogP contribution < -0.4 is 16.4 Å². The number of hydrogen-bond acceptors (Lipinski definition) is 3. The van der Waals surface area contributed by atoms with Crippen LogP contribution in [0.5, 0.6) is 0 Å². The number of rotatable bonds is 5. The van der Waals surface area contributed by atoms with Crippen molar-refractivity contribution < 1.29 is 14.0 Å². The van der Waals surface area contributed by atoms with E-state index in [1.807, 2.05) is 0 Å². The lowest BCUT2D eigenvalue weighted by Crippen LogP contribution is -2.44. The maximum Gasteiger partial charge on any atom is 0.239 e. The zero-order chi connectivity index (χ0) is 15.9. The van der Waals surface area contributed by atoms with Crippen molar-refractivity contribution in [1.29, 1.82) is 0 Å². The first kappa shape index (κ1) is 19.4. The van der Waals surface area contributed by atoms with Gasteiger partial charge in [0.15, 0.2) is 0 Å². The molecule has 2 rings (SSSR count). The smallest absolute Gasteiger partial charge is 0.239 e. The van der Waals surface area contributed by atoms with Crippen LogP contribution in [0.4, 0.5) is 4.39 Å². The molecule has 0 aliphatic heterocycles. The van der Waals surface area contributed by atoms with E-state index in [2.05, 4.69) is 10.6 Å². The minimum absolute atomic E-state index is 0. The number of halogens is 2. The Morgan fingerprint density at radius 3 is 2.52 bits per heavy atom. The Morgan fingerprint density at radius 2 is 1.87 bits per heavy atom. The van der Waals surface area contributed by atoms with Crippen molar-refractivity contribution in [2.75, 3.05) is 6.54 Å². The van der Waals surface area contributed by atoms with E-state index in [9.17, 15) is 14.0 Å². The van der Waals surface area contributed by atoms with Gasteiger partial charge in [0.1, 0.15) is 5.82 Å². The third-order valence-electron chi connectivity index (χ3n) is 3.84. The maximum atomic E-state index is 13.0. The second-order valence-corrected chi connectivity index (χ2v) is 5.76. The van der Waals surface area contributed by atoms with E-state index in [0.29, 0.717) is 5.56 Å². The Labute approximate surface area is 141 Å². The van der Waals surface area contributed by atoms with Gasteiger partial charge in [-0.05, 0) is 43.4 Å². The summed E-state index contributed by atoms with van der Waals surface area (Å²) in [5.74, 6) is -0.877. The average molecular weight is 344 g/mol. The molecule has 1 aliphatic rings. The van der Waals surface area contributed by atoms with Crippen molar-refractivity contribution in [3.8, 4) is 0 Å². The number of carbonyl (C=O) groups excluding carboxylic acids is 2. The molecule has 1 saturated carbocycles. The molecule has 128 valence electrons. The Kier molecular flexibility index (Phi) is 7.98. The first-order valence-electron chi connectivity index (χ1n) is 7.59. The number of amides is 2. The summed E-state index contributed by atoms with van der Waals surface area (Å²) < 4.78 is 13.0. The summed E-state index contributed by atoms with van der Waals surface area (Å²) in [6, 6.07) is 6.24. The number of nitrogens with two attached hydrogens (primary N) is 1. The summed E-state index contributed by atoms with van der Waals surface area (Å²) in [5, 5.41) is 5.45. The Morgan fingerprint density at radius 1 is 1.17 bits per heavy atom. The van der Waals surface area contributed by atoms with Crippen molar-refractivity contribution in [1.82, 2.24) is 10.6 Å². The highest BCUT2D eigenvalue weighted by atomic mass is 35.5. The number of nitrogens with one attached hydrogen (secondary N) is 2. The van der Waals surface area contributed by atoms with Crippen LogP contribution >= 0.6 is 12.4 Å². The molecule has 5 nitrogen and oxygen atoms in total. The molecule has 1 aromatic rings. The first-order valence-corrected chi connectivity index (χ1v) is 7.59. The monoisotopic (exact) mass is 343 g/mol. The van der Waals surface area contributed by atoms with Crippen LogP contribution in [0.2, 0.25) is 0 Å². The van der Waals surface area contributed by atoms with Crippen LogP contribution in [0.3, 0.4) is 0 Å². The van der Waals surface area contributed by atoms with Crippen LogP contribution in [0.15, 0.2) is 24.3 Å². The summed E-state index contributed by atoms with van der Waals surface area (Å²) in [5.41, 5.74) is 6.40. The summed E-state index contributed by atoms with van der Waals surface area (Å²) in [6.07, 6.45) is 3.64. The fourth-order valence-electron chi connectivity index (χ4n) is 2.62. The molecule has 2 amide bonds. The molecule has 0 saturated heterocycles. The third kappa shape index (κ3) is 6.97. The van der Waals surface area contributed by atoms with Crippen molar-refractivity contribution in [3.63, 3.8) is 0 Å². The lowest BCUT2D eigenvalue weighted by molar-refractivity contribution is -0.126. The Bertz CT molecular complexity index is 534. The van der Waals surface area contributed by atoms with E-state index < -0.39 is 0 Å². The van der Waals surface area contributed by atoms with Crippen LogP contribution in [0, 0.1) is 5.82 Å². The predicted octanol–water partition coefficient (Wildman–Crippen LogP) is 1.29. The fourth-order valence-corrected chi connectivity index (χ4v) is 2.62. The van der Waals surface area contributed by atoms with Crippen molar-refractivity contribution in [2.45, 2.75) is 44.2 Å². The number of carbonyl (C=O) groups is 2. The van der Waals surface area contributed by atoms with Crippen molar-refractivity contribution in [2.24, 2.45) is 5.73 Å². The van der Waals surface area contributed by atoms with Crippen LogP contribution in [0.1, 0.15) is 31.2 Å². The summed E-state index contributed by atoms with van der Waals surface area (Å²) in [4.78, 5) is 23.5. The summed E-state index contributed by atoms with van der Waals surface area (Å²) >= 11 is 0. The topological polar surface area (TPSA) is 84.2 Å². The maximum absolute atomic E-state index is 13.0. The van der Waals surface area contributed by atoms with Crippen LogP contribution in [0.25, 0.3) is 0 Å². The SMILES string of the molecule is Cl.NC1CCC(NC(=O)CNC(=O)Cc2cccc(F)c2)CC1. The predicted molar refractivity (Wildman–Crippen MR) is 88.7 cm³/mol. The molecule has 0 atom stereocenters. The minimum Gasteiger partial charge on any atom is -0.352 e. The molecule has 0 unspecified atom stereocenters. The van der Waals surface area contributed by atoms with E-state index in [0.717, 1.165) is 25.7 Å². The van der Waals surface area contributed by atoms with Gasteiger partial charge in [0, 0.05) is 12.1 Å². The van der Waals surface area contributed by atoms with E-state index in [4.69, 9.17) is 5.73 Å². The Hall–Kier alpha value is -1.66. The summed E-state index contributed by atoms with van der Waals surface area (Å²) in [6.45, 7) is -0.0588. The van der Waals surface area contributed by atoms with Crippen LogP contribution in [-0.4, -0.2) is 30.4 Å². The molecule has 0 aromatic heterocycles. The number of benzene rings is 1. The molecule has 7 heteroatoms. The van der Waals surface area contributed by atoms with Crippen LogP contribution in [-0.2, 0) is 16.0 Å². The minimum atomic E-state index is -0.376. The van der Waals surface area contributed by atoms with Crippen molar-refractivity contribution >= 4 is 24.2 Å². The van der Waals surface area contributed by atoms with Gasteiger partial charge in [0.25, 0.3) is 0 Å². The zero-order valence-corrected chi connectivity index (χ0v) is 13.7. The highest BCUT2D eigenvalue weighted by molar-refractivity contribution is 5.86. The van der Waals surface area contributed by atoms with Crippen molar-refractivity contribution in [3.05, 3.63) is 35.6 Å². The molecular weight excluding hydrogens is 321 g/mol. The van der Waals surface area contributed by atoms with Gasteiger partial charge in [-0.2, -0.15) is 0 Å². The molecule has 0 spiro atoms. The lowest BCUT2D eigenvalue weighted by atomic mass is 9.92. The van der Waals surface area contributed by atoms with Gasteiger partial charge in [-0.25, -0.2) is 4.39 Å². The van der Waals surface area contributed by atoms with Gasteiger partial charge in [0.2, 0.25) is 11.8 Å². The molecular formula is C16H23ClFN3O2. The molecule has 23 heavy (non-hydrogen) atoms.